The number of hydrogen-bond donors (Lipinski definition) is 1. The van der Waals surface area contributed by atoms with Crippen LogP contribution in [0.4, 0.5) is 5.69 Å². The van der Waals surface area contributed by atoms with E-state index in [1.54, 1.807) is 6.26 Å². The second kappa shape index (κ2) is 7.03. The third kappa shape index (κ3) is 2.88. The van der Waals surface area contributed by atoms with Gasteiger partial charge in [-0.25, -0.2) is 0 Å². The lowest BCUT2D eigenvalue weighted by atomic mass is 9.92. The number of furan rings is 1. The Kier molecular flexibility index (Phi) is 4.03. The summed E-state index contributed by atoms with van der Waals surface area (Å²) in [6.45, 7) is 0.384. The largest absolute Gasteiger partial charge is 0.467 e. The van der Waals surface area contributed by atoms with Crippen molar-refractivity contribution in [2.45, 2.75) is 12.7 Å². The highest BCUT2D eigenvalue weighted by molar-refractivity contribution is 6.06. The van der Waals surface area contributed by atoms with Crippen LogP contribution in [0.5, 0.6) is 0 Å². The van der Waals surface area contributed by atoms with E-state index in [0.717, 1.165) is 38.6 Å². The predicted octanol–water partition coefficient (Wildman–Crippen LogP) is 6.35. The first kappa shape index (κ1) is 17.8. The summed E-state index contributed by atoms with van der Waals surface area (Å²) in [5, 5.41) is 8.23. The van der Waals surface area contributed by atoms with Crippen LogP contribution in [-0.2, 0) is 6.54 Å². The average Bonchev–Trinajstić information content (AvgIpc) is 3.33. The minimum Gasteiger partial charge on any atom is -0.467 e. The Morgan fingerprint density at radius 1 is 0.806 bits per heavy atom. The van der Waals surface area contributed by atoms with Gasteiger partial charge in [0.05, 0.1) is 18.4 Å². The number of hydrogen-bond acceptors (Lipinski definition) is 3. The first-order valence-electron chi connectivity index (χ1n) is 10.4. The first-order valence-corrected chi connectivity index (χ1v) is 10.4. The normalized spacial score (nSPS) is 15.8. The fourth-order valence-corrected chi connectivity index (χ4v) is 4.60. The van der Waals surface area contributed by atoms with Crippen LogP contribution in [-0.4, -0.2) is 10.8 Å². The smallest absolute Gasteiger partial charge is 0.258 e. The van der Waals surface area contributed by atoms with E-state index in [0.29, 0.717) is 12.1 Å². The van der Waals surface area contributed by atoms with E-state index in [1.165, 1.54) is 0 Å². The quantitative estimate of drug-likeness (QED) is 0.356. The molecular formula is C27H20N2O2. The number of nitrogens with one attached hydrogen (secondary N) is 1. The minimum atomic E-state index is -0.330. The Morgan fingerprint density at radius 3 is 2.19 bits per heavy atom. The van der Waals surface area contributed by atoms with Crippen LogP contribution in [0.25, 0.3) is 21.5 Å². The van der Waals surface area contributed by atoms with Gasteiger partial charge >= 0.3 is 0 Å². The molecule has 0 fully saturated rings. The van der Waals surface area contributed by atoms with Gasteiger partial charge in [0.1, 0.15) is 11.9 Å². The van der Waals surface area contributed by atoms with Gasteiger partial charge in [-0.1, -0.05) is 60.7 Å². The van der Waals surface area contributed by atoms with Gasteiger partial charge in [0.15, 0.2) is 0 Å². The second-order valence-electron chi connectivity index (χ2n) is 7.84. The molecule has 1 aromatic heterocycles. The van der Waals surface area contributed by atoms with E-state index < -0.39 is 0 Å². The van der Waals surface area contributed by atoms with E-state index in [4.69, 9.17) is 4.42 Å². The van der Waals surface area contributed by atoms with Crippen molar-refractivity contribution in [3.8, 4) is 0 Å². The van der Waals surface area contributed by atoms with Crippen LogP contribution in [0.2, 0.25) is 0 Å². The van der Waals surface area contributed by atoms with E-state index >= 15 is 0 Å². The summed E-state index contributed by atoms with van der Waals surface area (Å²) in [5.41, 5.74) is 2.63. The van der Waals surface area contributed by atoms with Gasteiger partial charge in [-0.3, -0.25) is 4.79 Å². The zero-order chi connectivity index (χ0) is 20.8. The Balaban J connectivity index is 1.62. The molecular weight excluding hydrogens is 384 g/mol. The standard InChI is InChI=1S/C27H20N2O2/c30-27-23-13-5-6-14-24(23)28-26(29(27)17-20-10-7-15-31-20)25-21-11-3-1-8-18(21)16-19-9-2-4-12-22(19)25/h1-16,26,28H,17H2. The van der Waals surface area contributed by atoms with Crippen LogP contribution < -0.4 is 5.32 Å². The SMILES string of the molecule is O=C1c2ccccc2NC(c2c3ccccc3cc3ccccc23)N1Cc1ccco1. The van der Waals surface area contributed by atoms with Crippen LogP contribution in [0.15, 0.2) is 102 Å². The molecule has 4 heteroatoms. The van der Waals surface area contributed by atoms with Crippen LogP contribution in [0.1, 0.15) is 27.8 Å². The molecule has 0 saturated heterocycles. The maximum absolute atomic E-state index is 13.6. The molecule has 2 heterocycles. The number of anilines is 1. The van der Waals surface area contributed by atoms with E-state index in [9.17, 15) is 4.79 Å². The van der Waals surface area contributed by atoms with Crippen molar-refractivity contribution >= 4 is 33.1 Å². The average molecular weight is 404 g/mol. The van der Waals surface area contributed by atoms with Crippen molar-refractivity contribution in [1.82, 2.24) is 4.90 Å². The Bertz CT molecular complexity index is 1370. The Hall–Kier alpha value is -4.05. The molecule has 31 heavy (non-hydrogen) atoms. The molecule has 5 aromatic rings. The fourth-order valence-electron chi connectivity index (χ4n) is 4.60. The maximum Gasteiger partial charge on any atom is 0.258 e. The molecule has 1 amide bonds. The molecule has 6 rings (SSSR count). The number of fused-ring (bicyclic) bond motifs is 3. The van der Waals surface area contributed by atoms with Crippen molar-refractivity contribution in [3.63, 3.8) is 0 Å². The summed E-state index contributed by atoms with van der Waals surface area (Å²) in [4.78, 5) is 15.5. The van der Waals surface area contributed by atoms with Crippen molar-refractivity contribution in [2.75, 3.05) is 5.32 Å². The first-order chi connectivity index (χ1) is 15.3. The number of nitrogens with zero attached hydrogens (tertiary/aromatic N) is 1. The molecule has 1 N–H and O–H groups in total. The molecule has 0 aliphatic carbocycles. The number of rotatable bonds is 3. The number of para-hydroxylation sites is 1. The van der Waals surface area contributed by atoms with Gasteiger partial charge in [0.2, 0.25) is 0 Å². The number of carbonyl (C=O) groups excluding carboxylic acids is 1. The zero-order valence-electron chi connectivity index (χ0n) is 16.8. The van der Waals surface area contributed by atoms with Gasteiger partial charge in [-0.15, -0.1) is 0 Å². The lowest BCUT2D eigenvalue weighted by Gasteiger charge is -2.38. The highest BCUT2D eigenvalue weighted by atomic mass is 16.3. The number of amides is 1. The monoisotopic (exact) mass is 404 g/mol. The van der Waals surface area contributed by atoms with E-state index in [2.05, 4.69) is 59.9 Å². The fraction of sp³-hybridized carbons (Fsp3) is 0.0741. The highest BCUT2D eigenvalue weighted by Crippen LogP contribution is 2.40. The summed E-state index contributed by atoms with van der Waals surface area (Å²) in [6, 6.07) is 30.4. The lowest BCUT2D eigenvalue weighted by molar-refractivity contribution is 0.0654. The number of benzene rings is 4. The van der Waals surface area contributed by atoms with Crippen molar-refractivity contribution in [3.05, 3.63) is 114 Å². The molecule has 0 radical (unpaired) electrons. The van der Waals surface area contributed by atoms with Crippen molar-refractivity contribution < 1.29 is 9.21 Å². The molecule has 0 bridgehead atoms. The molecule has 150 valence electrons. The molecule has 1 aliphatic heterocycles. The second-order valence-corrected chi connectivity index (χ2v) is 7.84. The molecule has 0 spiro atoms. The van der Waals surface area contributed by atoms with Crippen molar-refractivity contribution in [2.24, 2.45) is 0 Å². The third-order valence-corrected chi connectivity index (χ3v) is 6.01. The van der Waals surface area contributed by atoms with Gasteiger partial charge in [0, 0.05) is 11.3 Å². The van der Waals surface area contributed by atoms with Gasteiger partial charge in [0.25, 0.3) is 5.91 Å². The highest BCUT2D eigenvalue weighted by Gasteiger charge is 2.35. The molecule has 1 aliphatic rings. The maximum atomic E-state index is 13.6. The van der Waals surface area contributed by atoms with Crippen LogP contribution in [0.3, 0.4) is 0 Å². The molecule has 4 nitrogen and oxygen atoms in total. The Morgan fingerprint density at radius 2 is 1.48 bits per heavy atom. The lowest BCUT2D eigenvalue weighted by Crippen LogP contribution is -2.42. The van der Waals surface area contributed by atoms with Crippen LogP contribution >= 0.6 is 0 Å². The van der Waals surface area contributed by atoms with E-state index in [-0.39, 0.29) is 12.1 Å². The van der Waals surface area contributed by atoms with Gasteiger partial charge in [-0.05, 0) is 51.9 Å². The summed E-state index contributed by atoms with van der Waals surface area (Å²) in [6.07, 6.45) is 1.32. The third-order valence-electron chi connectivity index (χ3n) is 6.01. The van der Waals surface area contributed by atoms with Gasteiger partial charge < -0.3 is 14.6 Å². The molecule has 0 saturated carbocycles. The molecule has 1 unspecified atom stereocenters. The summed E-state index contributed by atoms with van der Waals surface area (Å²) in [7, 11) is 0. The minimum absolute atomic E-state index is 0.00670. The predicted molar refractivity (Wildman–Crippen MR) is 123 cm³/mol. The topological polar surface area (TPSA) is 45.5 Å². The molecule has 4 aromatic carbocycles. The summed E-state index contributed by atoms with van der Waals surface area (Å²) < 4.78 is 5.61. The van der Waals surface area contributed by atoms with Crippen LogP contribution in [0, 0.1) is 0 Å². The molecule has 1 atom stereocenters. The zero-order valence-corrected chi connectivity index (χ0v) is 16.8. The number of carbonyl (C=O) groups is 1. The summed E-state index contributed by atoms with van der Waals surface area (Å²) >= 11 is 0. The van der Waals surface area contributed by atoms with E-state index in [1.807, 2.05) is 41.3 Å². The Labute approximate surface area is 179 Å². The van der Waals surface area contributed by atoms with Gasteiger partial charge in [-0.2, -0.15) is 0 Å². The summed E-state index contributed by atoms with van der Waals surface area (Å²) in [5.74, 6) is 0.747. The van der Waals surface area contributed by atoms with Crippen molar-refractivity contribution in [1.29, 1.82) is 0 Å².